The SMILES string of the molecule is COc1cccc(CC(Cc2ccc(I)cc2)C(=O)O)c1. The zero-order valence-electron chi connectivity index (χ0n) is 11.8. The molecule has 110 valence electrons. The van der Waals surface area contributed by atoms with Crippen LogP contribution < -0.4 is 4.74 Å². The van der Waals surface area contributed by atoms with Crippen LogP contribution in [0.4, 0.5) is 0 Å². The van der Waals surface area contributed by atoms with Gasteiger partial charge in [-0.25, -0.2) is 0 Å². The van der Waals surface area contributed by atoms with Gasteiger partial charge in [-0.05, 0) is 70.8 Å². The molecular formula is C17H17IO3. The van der Waals surface area contributed by atoms with E-state index in [1.807, 2.05) is 48.5 Å². The summed E-state index contributed by atoms with van der Waals surface area (Å²) >= 11 is 2.24. The third kappa shape index (κ3) is 4.74. The molecule has 0 amide bonds. The van der Waals surface area contributed by atoms with E-state index in [2.05, 4.69) is 22.6 Å². The molecule has 1 N–H and O–H groups in total. The Labute approximate surface area is 138 Å². The van der Waals surface area contributed by atoms with Crippen molar-refractivity contribution >= 4 is 28.6 Å². The van der Waals surface area contributed by atoms with E-state index >= 15 is 0 Å². The van der Waals surface area contributed by atoms with E-state index in [4.69, 9.17) is 4.74 Å². The highest BCUT2D eigenvalue weighted by Gasteiger charge is 2.18. The number of benzene rings is 2. The first-order valence-electron chi connectivity index (χ1n) is 6.68. The summed E-state index contributed by atoms with van der Waals surface area (Å²) in [7, 11) is 1.61. The molecule has 0 spiro atoms. The molecule has 2 aromatic carbocycles. The minimum Gasteiger partial charge on any atom is -0.497 e. The Morgan fingerprint density at radius 1 is 1.14 bits per heavy atom. The van der Waals surface area contributed by atoms with Crippen LogP contribution in [0.2, 0.25) is 0 Å². The molecule has 0 aliphatic heterocycles. The molecule has 0 saturated carbocycles. The Morgan fingerprint density at radius 3 is 2.43 bits per heavy atom. The number of aliphatic carboxylic acids is 1. The Balaban J connectivity index is 2.11. The Morgan fingerprint density at radius 2 is 1.81 bits per heavy atom. The van der Waals surface area contributed by atoms with Gasteiger partial charge in [-0.1, -0.05) is 24.3 Å². The van der Waals surface area contributed by atoms with Gasteiger partial charge in [0.05, 0.1) is 13.0 Å². The lowest BCUT2D eigenvalue weighted by atomic mass is 9.92. The molecular weight excluding hydrogens is 379 g/mol. The lowest BCUT2D eigenvalue weighted by Crippen LogP contribution is -2.19. The summed E-state index contributed by atoms with van der Waals surface area (Å²) in [6.45, 7) is 0. The number of carbonyl (C=O) groups is 1. The smallest absolute Gasteiger partial charge is 0.307 e. The zero-order valence-corrected chi connectivity index (χ0v) is 13.9. The molecule has 2 rings (SSSR count). The van der Waals surface area contributed by atoms with Crippen molar-refractivity contribution < 1.29 is 14.6 Å². The second-order valence-electron chi connectivity index (χ2n) is 4.92. The topological polar surface area (TPSA) is 46.5 Å². The fraction of sp³-hybridized carbons (Fsp3) is 0.235. The predicted octanol–water partition coefficient (Wildman–Crippen LogP) is 3.79. The minimum absolute atomic E-state index is 0.433. The highest BCUT2D eigenvalue weighted by atomic mass is 127. The van der Waals surface area contributed by atoms with Gasteiger partial charge >= 0.3 is 5.97 Å². The van der Waals surface area contributed by atoms with E-state index in [1.165, 1.54) is 0 Å². The molecule has 0 radical (unpaired) electrons. The van der Waals surface area contributed by atoms with Crippen molar-refractivity contribution in [3.63, 3.8) is 0 Å². The molecule has 0 saturated heterocycles. The van der Waals surface area contributed by atoms with Crippen molar-refractivity contribution in [3.05, 3.63) is 63.2 Å². The third-order valence-electron chi connectivity index (χ3n) is 3.36. The number of rotatable bonds is 6. The van der Waals surface area contributed by atoms with E-state index in [0.717, 1.165) is 20.4 Å². The lowest BCUT2D eigenvalue weighted by molar-refractivity contribution is -0.141. The maximum Gasteiger partial charge on any atom is 0.307 e. The summed E-state index contributed by atoms with van der Waals surface area (Å²) in [5, 5.41) is 9.44. The normalized spacial score (nSPS) is 11.9. The van der Waals surface area contributed by atoms with E-state index in [-0.39, 0.29) is 0 Å². The fourth-order valence-corrected chi connectivity index (χ4v) is 2.60. The number of ether oxygens (including phenoxy) is 1. The quantitative estimate of drug-likeness (QED) is 0.756. The molecule has 4 heteroatoms. The number of carboxylic acids is 1. The van der Waals surface area contributed by atoms with Gasteiger partial charge in [0.1, 0.15) is 5.75 Å². The fourth-order valence-electron chi connectivity index (χ4n) is 2.24. The average Bonchev–Trinajstić information content (AvgIpc) is 2.49. The van der Waals surface area contributed by atoms with Crippen LogP contribution in [0.5, 0.6) is 5.75 Å². The van der Waals surface area contributed by atoms with Crippen molar-refractivity contribution in [1.29, 1.82) is 0 Å². The third-order valence-corrected chi connectivity index (χ3v) is 4.08. The van der Waals surface area contributed by atoms with E-state index in [0.29, 0.717) is 12.8 Å². The monoisotopic (exact) mass is 396 g/mol. The van der Waals surface area contributed by atoms with Gasteiger partial charge in [-0.3, -0.25) is 4.79 Å². The minimum atomic E-state index is -0.767. The van der Waals surface area contributed by atoms with Gasteiger partial charge in [0.15, 0.2) is 0 Å². The molecule has 0 aliphatic carbocycles. The molecule has 2 aromatic rings. The molecule has 0 aromatic heterocycles. The second-order valence-corrected chi connectivity index (χ2v) is 6.17. The highest BCUT2D eigenvalue weighted by Crippen LogP contribution is 2.19. The van der Waals surface area contributed by atoms with E-state index in [9.17, 15) is 9.90 Å². The summed E-state index contributed by atoms with van der Waals surface area (Å²) in [4.78, 5) is 11.5. The Hall–Kier alpha value is -1.56. The van der Waals surface area contributed by atoms with Gasteiger partial charge in [-0.15, -0.1) is 0 Å². The summed E-state index contributed by atoms with van der Waals surface area (Å²) in [6, 6.07) is 15.6. The van der Waals surface area contributed by atoms with Crippen molar-refractivity contribution in [1.82, 2.24) is 0 Å². The van der Waals surface area contributed by atoms with Crippen LogP contribution in [-0.4, -0.2) is 18.2 Å². The number of methoxy groups -OCH3 is 1. The van der Waals surface area contributed by atoms with Crippen LogP contribution in [0.3, 0.4) is 0 Å². The largest absolute Gasteiger partial charge is 0.497 e. The highest BCUT2D eigenvalue weighted by molar-refractivity contribution is 14.1. The Kier molecular flexibility index (Phi) is 5.61. The summed E-state index contributed by atoms with van der Waals surface area (Å²) in [5.74, 6) is -0.445. The van der Waals surface area contributed by atoms with Crippen molar-refractivity contribution in [2.24, 2.45) is 5.92 Å². The first-order chi connectivity index (χ1) is 10.1. The number of halogens is 1. The van der Waals surface area contributed by atoms with Gasteiger partial charge < -0.3 is 9.84 Å². The average molecular weight is 396 g/mol. The summed E-state index contributed by atoms with van der Waals surface area (Å²) in [6.07, 6.45) is 1.03. The summed E-state index contributed by atoms with van der Waals surface area (Å²) in [5.41, 5.74) is 2.03. The molecule has 0 bridgehead atoms. The first-order valence-corrected chi connectivity index (χ1v) is 7.76. The molecule has 0 aliphatic rings. The van der Waals surface area contributed by atoms with Gasteiger partial charge in [0.2, 0.25) is 0 Å². The molecule has 0 heterocycles. The molecule has 21 heavy (non-hydrogen) atoms. The van der Waals surface area contributed by atoms with E-state index < -0.39 is 11.9 Å². The standard InChI is InChI=1S/C17H17IO3/c1-21-16-4-2-3-13(11-16)10-14(17(19)20)9-12-5-7-15(18)8-6-12/h2-8,11,14H,9-10H2,1H3,(H,19,20). The van der Waals surface area contributed by atoms with Crippen molar-refractivity contribution in [2.75, 3.05) is 7.11 Å². The van der Waals surface area contributed by atoms with Crippen LogP contribution in [0, 0.1) is 9.49 Å². The molecule has 0 fully saturated rings. The van der Waals surface area contributed by atoms with Gasteiger partial charge in [-0.2, -0.15) is 0 Å². The summed E-state index contributed by atoms with van der Waals surface area (Å²) < 4.78 is 6.33. The molecule has 1 atom stereocenters. The number of hydrogen-bond donors (Lipinski definition) is 1. The zero-order chi connectivity index (χ0) is 15.2. The van der Waals surface area contributed by atoms with Crippen LogP contribution in [0.25, 0.3) is 0 Å². The number of hydrogen-bond acceptors (Lipinski definition) is 2. The molecule has 3 nitrogen and oxygen atoms in total. The van der Waals surface area contributed by atoms with E-state index in [1.54, 1.807) is 7.11 Å². The van der Waals surface area contributed by atoms with Crippen LogP contribution in [-0.2, 0) is 17.6 Å². The Bertz CT molecular complexity index is 608. The maximum atomic E-state index is 11.5. The van der Waals surface area contributed by atoms with Gasteiger partial charge in [0, 0.05) is 3.57 Å². The van der Waals surface area contributed by atoms with Crippen LogP contribution >= 0.6 is 22.6 Å². The predicted molar refractivity (Wildman–Crippen MR) is 90.7 cm³/mol. The second kappa shape index (κ2) is 7.45. The first kappa shape index (κ1) is 15.8. The van der Waals surface area contributed by atoms with Crippen LogP contribution in [0.15, 0.2) is 48.5 Å². The van der Waals surface area contributed by atoms with Crippen LogP contribution in [0.1, 0.15) is 11.1 Å². The molecule has 1 unspecified atom stereocenters. The maximum absolute atomic E-state index is 11.5. The lowest BCUT2D eigenvalue weighted by Gasteiger charge is -2.13. The van der Waals surface area contributed by atoms with Crippen molar-refractivity contribution in [2.45, 2.75) is 12.8 Å². The number of carboxylic acid groups (broad SMARTS) is 1. The van der Waals surface area contributed by atoms with Gasteiger partial charge in [0.25, 0.3) is 0 Å². The van der Waals surface area contributed by atoms with Crippen molar-refractivity contribution in [3.8, 4) is 5.75 Å².